The molecule has 0 N–H and O–H groups in total. The maximum atomic E-state index is 13.3. The highest BCUT2D eigenvalue weighted by atomic mass is 19.1. The molecule has 0 unspecified atom stereocenters. The van der Waals surface area contributed by atoms with Crippen LogP contribution in [0.15, 0.2) is 41.0 Å². The molecule has 0 saturated heterocycles. The van der Waals surface area contributed by atoms with Crippen LogP contribution >= 0.6 is 0 Å². The second kappa shape index (κ2) is 4.18. The van der Waals surface area contributed by atoms with Crippen molar-refractivity contribution in [2.24, 2.45) is 0 Å². The fourth-order valence-electron chi connectivity index (χ4n) is 1.41. The predicted octanol–water partition coefficient (Wildman–Crippen LogP) is 2.87. The number of methoxy groups -OCH3 is 1. The van der Waals surface area contributed by atoms with E-state index in [1.165, 1.54) is 25.5 Å². The minimum absolute atomic E-state index is 0.161. The molecule has 2 aromatic rings. The van der Waals surface area contributed by atoms with Crippen LogP contribution in [0.2, 0.25) is 0 Å². The third-order valence-electron chi connectivity index (χ3n) is 2.12. The first kappa shape index (κ1) is 10.4. The van der Waals surface area contributed by atoms with E-state index in [0.29, 0.717) is 11.3 Å². The molecule has 0 fully saturated rings. The van der Waals surface area contributed by atoms with E-state index in [4.69, 9.17) is 4.42 Å². The van der Waals surface area contributed by atoms with Gasteiger partial charge in [-0.1, -0.05) is 0 Å². The Kier molecular flexibility index (Phi) is 2.72. The Morgan fingerprint density at radius 1 is 1.38 bits per heavy atom. The van der Waals surface area contributed by atoms with Crippen molar-refractivity contribution in [1.82, 2.24) is 0 Å². The van der Waals surface area contributed by atoms with E-state index in [9.17, 15) is 9.18 Å². The monoisotopic (exact) mass is 220 g/mol. The summed E-state index contributed by atoms with van der Waals surface area (Å²) in [7, 11) is 1.25. The number of halogens is 1. The van der Waals surface area contributed by atoms with Crippen molar-refractivity contribution >= 4 is 5.97 Å². The molecule has 0 atom stereocenters. The number of ether oxygens (including phenoxy) is 1. The topological polar surface area (TPSA) is 39.4 Å². The van der Waals surface area contributed by atoms with Gasteiger partial charge in [0, 0.05) is 5.56 Å². The lowest BCUT2D eigenvalue weighted by atomic mass is 10.1. The number of benzene rings is 1. The van der Waals surface area contributed by atoms with E-state index in [1.807, 2.05) is 0 Å². The summed E-state index contributed by atoms with van der Waals surface area (Å²) in [6, 6.07) is 7.32. The van der Waals surface area contributed by atoms with Gasteiger partial charge in [0.2, 0.25) is 0 Å². The molecule has 0 saturated carbocycles. The van der Waals surface area contributed by atoms with Gasteiger partial charge in [-0.2, -0.15) is 0 Å². The van der Waals surface area contributed by atoms with Crippen molar-refractivity contribution in [3.8, 4) is 11.3 Å². The van der Waals surface area contributed by atoms with E-state index in [0.717, 1.165) is 6.07 Å². The highest BCUT2D eigenvalue weighted by molar-refractivity contribution is 5.90. The smallest absolute Gasteiger partial charge is 0.337 e. The maximum Gasteiger partial charge on any atom is 0.337 e. The Hall–Kier alpha value is -2.10. The van der Waals surface area contributed by atoms with Crippen LogP contribution in [-0.2, 0) is 4.74 Å². The molecule has 2 rings (SSSR count). The molecule has 3 nitrogen and oxygen atoms in total. The standard InChI is InChI=1S/C12H9FO3/c1-15-12(14)9-5-8(6-10(13)7-9)11-3-2-4-16-11/h2-7H,1H3. The Morgan fingerprint density at radius 2 is 2.19 bits per heavy atom. The van der Waals surface area contributed by atoms with E-state index in [2.05, 4.69) is 4.74 Å². The molecular weight excluding hydrogens is 211 g/mol. The van der Waals surface area contributed by atoms with Crippen molar-refractivity contribution in [2.75, 3.05) is 7.11 Å². The fraction of sp³-hybridized carbons (Fsp3) is 0.0833. The summed E-state index contributed by atoms with van der Waals surface area (Å²) in [6.07, 6.45) is 1.48. The van der Waals surface area contributed by atoms with E-state index < -0.39 is 11.8 Å². The van der Waals surface area contributed by atoms with E-state index in [-0.39, 0.29) is 5.56 Å². The molecule has 0 spiro atoms. The van der Waals surface area contributed by atoms with Gasteiger partial charge in [0.05, 0.1) is 18.9 Å². The molecule has 0 bridgehead atoms. The van der Waals surface area contributed by atoms with Crippen LogP contribution in [0.3, 0.4) is 0 Å². The van der Waals surface area contributed by atoms with Crippen LogP contribution in [0, 0.1) is 5.82 Å². The molecule has 16 heavy (non-hydrogen) atoms. The first-order valence-electron chi connectivity index (χ1n) is 4.63. The van der Waals surface area contributed by atoms with E-state index >= 15 is 0 Å². The molecule has 0 aliphatic carbocycles. The third kappa shape index (κ3) is 1.95. The first-order chi connectivity index (χ1) is 7.70. The van der Waals surface area contributed by atoms with Crippen LogP contribution in [0.4, 0.5) is 4.39 Å². The molecule has 0 amide bonds. The Bertz CT molecular complexity index is 503. The quantitative estimate of drug-likeness (QED) is 0.730. The number of carbonyl (C=O) groups is 1. The number of esters is 1. The summed E-state index contributed by atoms with van der Waals surface area (Å²) < 4.78 is 22.9. The largest absolute Gasteiger partial charge is 0.465 e. The summed E-state index contributed by atoms with van der Waals surface area (Å²) >= 11 is 0. The van der Waals surface area contributed by atoms with Crippen LogP contribution in [0.25, 0.3) is 11.3 Å². The van der Waals surface area contributed by atoms with Gasteiger partial charge in [-0.15, -0.1) is 0 Å². The van der Waals surface area contributed by atoms with Crippen molar-refractivity contribution in [1.29, 1.82) is 0 Å². The molecule has 1 aromatic heterocycles. The summed E-state index contributed by atoms with van der Waals surface area (Å²) in [5.41, 5.74) is 0.666. The summed E-state index contributed by atoms with van der Waals surface area (Å²) in [4.78, 5) is 11.3. The van der Waals surface area contributed by atoms with Crippen molar-refractivity contribution in [2.45, 2.75) is 0 Å². The van der Waals surface area contributed by atoms with Crippen LogP contribution in [0.1, 0.15) is 10.4 Å². The van der Waals surface area contributed by atoms with Gasteiger partial charge in [0.1, 0.15) is 11.6 Å². The van der Waals surface area contributed by atoms with Crippen molar-refractivity contribution in [3.05, 3.63) is 48.0 Å². The minimum Gasteiger partial charge on any atom is -0.465 e. The molecule has 0 radical (unpaired) electrons. The zero-order chi connectivity index (χ0) is 11.5. The lowest BCUT2D eigenvalue weighted by molar-refractivity contribution is 0.0600. The SMILES string of the molecule is COC(=O)c1cc(F)cc(-c2ccco2)c1. The van der Waals surface area contributed by atoms with Crippen molar-refractivity contribution < 1.29 is 18.3 Å². The molecule has 4 heteroatoms. The zero-order valence-corrected chi connectivity index (χ0v) is 8.57. The first-order valence-corrected chi connectivity index (χ1v) is 4.63. The zero-order valence-electron chi connectivity index (χ0n) is 8.57. The Balaban J connectivity index is 2.48. The molecule has 0 aliphatic heterocycles. The Morgan fingerprint density at radius 3 is 2.81 bits per heavy atom. The van der Waals surface area contributed by atoms with Gasteiger partial charge in [-0.25, -0.2) is 9.18 Å². The highest BCUT2D eigenvalue weighted by Crippen LogP contribution is 2.22. The number of hydrogen-bond donors (Lipinski definition) is 0. The number of rotatable bonds is 2. The number of hydrogen-bond acceptors (Lipinski definition) is 3. The van der Waals surface area contributed by atoms with E-state index in [1.54, 1.807) is 12.1 Å². The van der Waals surface area contributed by atoms with Crippen LogP contribution < -0.4 is 0 Å². The Labute approximate surface area is 91.5 Å². The molecule has 1 heterocycles. The second-order valence-electron chi connectivity index (χ2n) is 3.20. The molecule has 0 aliphatic rings. The van der Waals surface area contributed by atoms with Gasteiger partial charge in [-0.05, 0) is 30.3 Å². The lowest BCUT2D eigenvalue weighted by Gasteiger charge is -2.02. The summed E-state index contributed by atoms with van der Waals surface area (Å²) in [5.74, 6) is -0.578. The average molecular weight is 220 g/mol. The molecule has 1 aromatic carbocycles. The normalized spacial score (nSPS) is 10.1. The highest BCUT2D eigenvalue weighted by Gasteiger charge is 2.11. The second-order valence-corrected chi connectivity index (χ2v) is 3.20. The summed E-state index contributed by atoms with van der Waals surface area (Å²) in [6.45, 7) is 0. The van der Waals surface area contributed by atoms with Gasteiger partial charge in [0.25, 0.3) is 0 Å². The minimum atomic E-state index is -0.577. The summed E-state index contributed by atoms with van der Waals surface area (Å²) in [5, 5.41) is 0. The maximum absolute atomic E-state index is 13.3. The van der Waals surface area contributed by atoms with Gasteiger partial charge in [-0.3, -0.25) is 0 Å². The van der Waals surface area contributed by atoms with Crippen molar-refractivity contribution in [3.63, 3.8) is 0 Å². The average Bonchev–Trinajstić information content (AvgIpc) is 2.80. The van der Waals surface area contributed by atoms with Crippen LogP contribution in [-0.4, -0.2) is 13.1 Å². The third-order valence-corrected chi connectivity index (χ3v) is 2.12. The molecular formula is C12H9FO3. The van der Waals surface area contributed by atoms with Crippen LogP contribution in [0.5, 0.6) is 0 Å². The van der Waals surface area contributed by atoms with Gasteiger partial charge < -0.3 is 9.15 Å². The fourth-order valence-corrected chi connectivity index (χ4v) is 1.41. The number of furan rings is 1. The van der Waals surface area contributed by atoms with Gasteiger partial charge >= 0.3 is 5.97 Å². The van der Waals surface area contributed by atoms with Gasteiger partial charge in [0.15, 0.2) is 0 Å². The number of carbonyl (C=O) groups excluding carboxylic acids is 1. The lowest BCUT2D eigenvalue weighted by Crippen LogP contribution is -2.01. The predicted molar refractivity (Wildman–Crippen MR) is 55.4 cm³/mol. The molecule has 82 valence electrons.